The molecule has 1 aromatic carbocycles. The number of anilines is 1. The summed E-state index contributed by atoms with van der Waals surface area (Å²) in [5.74, 6) is 0.995. The molecule has 3 rings (SSSR count). The Kier molecular flexibility index (Phi) is 4.41. The first-order chi connectivity index (χ1) is 11.2. The second-order valence-electron chi connectivity index (χ2n) is 5.42. The molecule has 1 amide bonds. The number of benzene rings is 1. The second kappa shape index (κ2) is 6.64. The number of halogens is 1. The lowest BCUT2D eigenvalue weighted by molar-refractivity contribution is 0.0772. The van der Waals surface area contributed by atoms with Gasteiger partial charge in [0.1, 0.15) is 23.5 Å². The minimum atomic E-state index is -0.293. The number of amides is 1. The molecule has 1 aliphatic heterocycles. The van der Waals surface area contributed by atoms with Gasteiger partial charge in [0.2, 0.25) is 0 Å². The van der Waals surface area contributed by atoms with E-state index < -0.39 is 0 Å². The molecule has 1 N–H and O–H groups in total. The van der Waals surface area contributed by atoms with Gasteiger partial charge in [0.25, 0.3) is 5.91 Å². The summed E-state index contributed by atoms with van der Waals surface area (Å²) in [7, 11) is 1.78. The van der Waals surface area contributed by atoms with Crippen LogP contribution in [0.2, 0.25) is 0 Å². The summed E-state index contributed by atoms with van der Waals surface area (Å²) in [4.78, 5) is 18.4. The average Bonchev–Trinajstić information content (AvgIpc) is 3.05. The molecule has 1 aromatic heterocycles. The normalized spacial score (nSPS) is 17.1. The van der Waals surface area contributed by atoms with Crippen LogP contribution in [0.25, 0.3) is 0 Å². The van der Waals surface area contributed by atoms with Crippen LogP contribution in [0, 0.1) is 5.82 Å². The lowest BCUT2D eigenvalue weighted by atomic mass is 10.2. The molecule has 0 spiro atoms. The van der Waals surface area contributed by atoms with E-state index in [9.17, 15) is 9.18 Å². The Morgan fingerprint density at radius 1 is 1.30 bits per heavy atom. The third kappa shape index (κ3) is 3.59. The lowest BCUT2D eigenvalue weighted by Gasteiger charge is -2.17. The number of ether oxygens (including phenoxy) is 1. The van der Waals surface area contributed by atoms with Crippen molar-refractivity contribution >= 4 is 11.7 Å². The van der Waals surface area contributed by atoms with Gasteiger partial charge < -0.3 is 15.0 Å². The standard InChI is InChI=1S/C17H18FN3O2/c1-19-16-7-2-12(10-20-16)17(22)21-9-8-15(11-21)23-14-5-3-13(18)4-6-14/h2-7,10,15H,8-9,11H2,1H3,(H,19,20). The third-order valence-corrected chi connectivity index (χ3v) is 3.82. The number of aromatic nitrogens is 1. The number of hydrogen-bond acceptors (Lipinski definition) is 4. The van der Waals surface area contributed by atoms with Gasteiger partial charge in [0, 0.05) is 26.2 Å². The SMILES string of the molecule is CNc1ccc(C(=O)N2CCC(Oc3ccc(F)cc3)C2)cn1. The van der Waals surface area contributed by atoms with Gasteiger partial charge in [-0.05, 0) is 36.4 Å². The maximum absolute atomic E-state index is 12.9. The lowest BCUT2D eigenvalue weighted by Crippen LogP contribution is -2.31. The van der Waals surface area contributed by atoms with Crippen LogP contribution in [0.4, 0.5) is 10.2 Å². The number of nitrogens with zero attached hydrogens (tertiary/aromatic N) is 2. The highest BCUT2D eigenvalue weighted by molar-refractivity contribution is 5.94. The first-order valence-corrected chi connectivity index (χ1v) is 7.51. The maximum Gasteiger partial charge on any atom is 0.255 e. The number of nitrogens with one attached hydrogen (secondary N) is 1. The maximum atomic E-state index is 12.9. The third-order valence-electron chi connectivity index (χ3n) is 3.82. The predicted octanol–water partition coefficient (Wildman–Crippen LogP) is 2.56. The molecule has 5 nitrogen and oxygen atoms in total. The van der Waals surface area contributed by atoms with Crippen LogP contribution in [-0.2, 0) is 0 Å². The molecule has 6 heteroatoms. The molecule has 0 bridgehead atoms. The van der Waals surface area contributed by atoms with E-state index in [1.54, 1.807) is 42.4 Å². The van der Waals surface area contributed by atoms with Crippen molar-refractivity contribution in [2.24, 2.45) is 0 Å². The number of carbonyl (C=O) groups excluding carboxylic acids is 1. The number of hydrogen-bond donors (Lipinski definition) is 1. The zero-order valence-electron chi connectivity index (χ0n) is 12.8. The van der Waals surface area contributed by atoms with E-state index in [1.165, 1.54) is 12.1 Å². The quantitative estimate of drug-likeness (QED) is 0.942. The fraction of sp³-hybridized carbons (Fsp3) is 0.294. The molecular formula is C17H18FN3O2. The molecule has 23 heavy (non-hydrogen) atoms. The van der Waals surface area contributed by atoms with Crippen molar-refractivity contribution in [2.75, 3.05) is 25.5 Å². The van der Waals surface area contributed by atoms with E-state index in [-0.39, 0.29) is 17.8 Å². The summed E-state index contributed by atoms with van der Waals surface area (Å²) in [6, 6.07) is 9.45. The highest BCUT2D eigenvalue weighted by Gasteiger charge is 2.28. The minimum Gasteiger partial charge on any atom is -0.489 e. The average molecular weight is 315 g/mol. The zero-order valence-corrected chi connectivity index (χ0v) is 12.8. The molecule has 1 saturated heterocycles. The molecule has 0 saturated carbocycles. The molecule has 0 aliphatic carbocycles. The topological polar surface area (TPSA) is 54.5 Å². The van der Waals surface area contributed by atoms with E-state index >= 15 is 0 Å². The van der Waals surface area contributed by atoms with Gasteiger partial charge in [-0.15, -0.1) is 0 Å². The van der Waals surface area contributed by atoms with Gasteiger partial charge in [-0.25, -0.2) is 9.37 Å². The second-order valence-corrected chi connectivity index (χ2v) is 5.42. The van der Waals surface area contributed by atoms with E-state index in [0.717, 1.165) is 12.2 Å². The molecule has 1 atom stereocenters. The number of pyridine rings is 1. The molecule has 1 fully saturated rings. The first kappa shape index (κ1) is 15.3. The van der Waals surface area contributed by atoms with Crippen LogP contribution in [0.5, 0.6) is 5.75 Å². The summed E-state index contributed by atoms with van der Waals surface area (Å²) in [5.41, 5.74) is 0.562. The number of carbonyl (C=O) groups is 1. The van der Waals surface area contributed by atoms with Crippen molar-refractivity contribution in [3.63, 3.8) is 0 Å². The van der Waals surface area contributed by atoms with E-state index in [1.807, 2.05) is 0 Å². The van der Waals surface area contributed by atoms with Crippen LogP contribution in [0.15, 0.2) is 42.6 Å². The zero-order chi connectivity index (χ0) is 16.2. The van der Waals surface area contributed by atoms with Gasteiger partial charge in [0.05, 0.1) is 12.1 Å². The van der Waals surface area contributed by atoms with Gasteiger partial charge >= 0.3 is 0 Å². The van der Waals surface area contributed by atoms with Crippen LogP contribution >= 0.6 is 0 Å². The Morgan fingerprint density at radius 2 is 2.09 bits per heavy atom. The van der Waals surface area contributed by atoms with Crippen LogP contribution in [-0.4, -0.2) is 42.0 Å². The summed E-state index contributed by atoms with van der Waals surface area (Å²) in [5, 5.41) is 2.92. The van der Waals surface area contributed by atoms with Gasteiger partial charge in [-0.3, -0.25) is 4.79 Å². The van der Waals surface area contributed by atoms with Crippen LogP contribution in [0.1, 0.15) is 16.8 Å². The predicted molar refractivity (Wildman–Crippen MR) is 85.1 cm³/mol. The molecule has 2 aromatic rings. The Hall–Kier alpha value is -2.63. The summed E-state index contributed by atoms with van der Waals surface area (Å²) in [6.45, 7) is 1.16. The summed E-state index contributed by atoms with van der Waals surface area (Å²) < 4.78 is 18.7. The van der Waals surface area contributed by atoms with Gasteiger partial charge in [-0.2, -0.15) is 0 Å². The fourth-order valence-corrected chi connectivity index (χ4v) is 2.57. The highest BCUT2D eigenvalue weighted by Crippen LogP contribution is 2.20. The Balaban J connectivity index is 1.60. The molecule has 2 heterocycles. The molecule has 1 unspecified atom stereocenters. The van der Waals surface area contributed by atoms with Crippen molar-refractivity contribution in [1.29, 1.82) is 0 Å². The van der Waals surface area contributed by atoms with Crippen molar-refractivity contribution in [3.8, 4) is 5.75 Å². The molecule has 0 radical (unpaired) electrons. The Bertz CT molecular complexity index is 673. The smallest absolute Gasteiger partial charge is 0.255 e. The van der Waals surface area contributed by atoms with E-state index in [2.05, 4.69) is 10.3 Å². The number of rotatable bonds is 4. The van der Waals surface area contributed by atoms with Crippen molar-refractivity contribution in [2.45, 2.75) is 12.5 Å². The van der Waals surface area contributed by atoms with Crippen LogP contribution < -0.4 is 10.1 Å². The summed E-state index contributed by atoms with van der Waals surface area (Å²) >= 11 is 0. The van der Waals surface area contributed by atoms with Crippen LogP contribution in [0.3, 0.4) is 0 Å². The largest absolute Gasteiger partial charge is 0.489 e. The van der Waals surface area contributed by atoms with Gasteiger partial charge in [-0.1, -0.05) is 0 Å². The Labute approximate surface area is 134 Å². The Morgan fingerprint density at radius 3 is 2.74 bits per heavy atom. The molecule has 120 valence electrons. The van der Waals surface area contributed by atoms with E-state index in [0.29, 0.717) is 24.4 Å². The van der Waals surface area contributed by atoms with Crippen molar-refractivity contribution in [3.05, 3.63) is 54.0 Å². The molecular weight excluding hydrogens is 297 g/mol. The molecule has 1 aliphatic rings. The first-order valence-electron chi connectivity index (χ1n) is 7.51. The van der Waals surface area contributed by atoms with Crippen molar-refractivity contribution < 1.29 is 13.9 Å². The highest BCUT2D eigenvalue weighted by atomic mass is 19.1. The van der Waals surface area contributed by atoms with Gasteiger partial charge in [0.15, 0.2) is 0 Å². The summed E-state index contributed by atoms with van der Waals surface area (Å²) in [6.07, 6.45) is 2.25. The minimum absolute atomic E-state index is 0.0506. The monoisotopic (exact) mass is 315 g/mol. The van der Waals surface area contributed by atoms with Crippen molar-refractivity contribution in [1.82, 2.24) is 9.88 Å². The number of likely N-dealkylation sites (tertiary alicyclic amines) is 1. The van der Waals surface area contributed by atoms with E-state index in [4.69, 9.17) is 4.74 Å². The fourth-order valence-electron chi connectivity index (χ4n) is 2.57.